The van der Waals surface area contributed by atoms with Gasteiger partial charge >= 0.3 is 0 Å². The molecule has 90 valence electrons. The molecule has 0 aliphatic heterocycles. The minimum Gasteiger partial charge on any atom is -0.475 e. The Morgan fingerprint density at radius 3 is 2.69 bits per heavy atom. The highest BCUT2D eigenvalue weighted by Gasteiger charge is 2.22. The predicted molar refractivity (Wildman–Crippen MR) is 63.4 cm³/mol. The molecule has 0 bridgehead atoms. The topological polar surface area (TPSA) is 45.6 Å². The minimum atomic E-state index is -0.0652. The third-order valence-corrected chi connectivity index (χ3v) is 2.79. The summed E-state index contributed by atoms with van der Waals surface area (Å²) in [4.78, 5) is 6.20. The van der Waals surface area contributed by atoms with Crippen molar-refractivity contribution in [3.8, 4) is 5.88 Å². The van der Waals surface area contributed by atoms with Crippen LogP contribution < -0.4 is 4.74 Å². The van der Waals surface area contributed by atoms with E-state index in [2.05, 4.69) is 23.7 Å². The van der Waals surface area contributed by atoms with Gasteiger partial charge in [0.25, 0.3) is 0 Å². The molecule has 1 rings (SSSR count). The van der Waals surface area contributed by atoms with Crippen molar-refractivity contribution in [3.05, 3.63) is 23.9 Å². The van der Waals surface area contributed by atoms with Crippen molar-refractivity contribution in [1.29, 1.82) is 0 Å². The number of pyridine rings is 1. The predicted octanol–water partition coefficient (Wildman–Crippen LogP) is 1.29. The molecule has 0 aromatic carbocycles. The van der Waals surface area contributed by atoms with Gasteiger partial charge in [-0.05, 0) is 40.1 Å². The van der Waals surface area contributed by atoms with E-state index in [1.165, 1.54) is 0 Å². The second-order valence-electron chi connectivity index (χ2n) is 4.62. The molecule has 0 aliphatic carbocycles. The van der Waals surface area contributed by atoms with Crippen LogP contribution in [0.5, 0.6) is 5.88 Å². The summed E-state index contributed by atoms with van der Waals surface area (Å²) in [7, 11) is 4.02. The summed E-state index contributed by atoms with van der Waals surface area (Å²) in [6.45, 7) is 4.67. The number of aromatic nitrogens is 1. The average molecular weight is 224 g/mol. The van der Waals surface area contributed by atoms with Gasteiger partial charge < -0.3 is 14.7 Å². The van der Waals surface area contributed by atoms with Crippen molar-refractivity contribution < 1.29 is 9.84 Å². The number of rotatable bonds is 5. The van der Waals surface area contributed by atoms with Crippen molar-refractivity contribution >= 4 is 0 Å². The molecule has 16 heavy (non-hydrogen) atoms. The standard InChI is InChI=1S/C12H20N2O2/c1-12(2,14(3)4)9-16-11-10(8-15)6-5-7-13-11/h5-7,15H,8-9H2,1-4H3. The molecule has 4 heteroatoms. The molecule has 0 spiro atoms. The van der Waals surface area contributed by atoms with Gasteiger partial charge in [-0.25, -0.2) is 4.98 Å². The van der Waals surface area contributed by atoms with Gasteiger partial charge in [-0.1, -0.05) is 0 Å². The van der Waals surface area contributed by atoms with Crippen LogP contribution in [0, 0.1) is 0 Å². The first kappa shape index (κ1) is 12.9. The number of hydrogen-bond donors (Lipinski definition) is 1. The molecule has 1 aromatic heterocycles. The summed E-state index contributed by atoms with van der Waals surface area (Å²) < 4.78 is 5.64. The van der Waals surface area contributed by atoms with Crippen LogP contribution in [0.25, 0.3) is 0 Å². The zero-order valence-electron chi connectivity index (χ0n) is 10.4. The number of ether oxygens (including phenoxy) is 1. The van der Waals surface area contributed by atoms with Crippen LogP contribution in [0.3, 0.4) is 0 Å². The molecule has 0 radical (unpaired) electrons. The Morgan fingerprint density at radius 1 is 1.44 bits per heavy atom. The fourth-order valence-electron chi connectivity index (χ4n) is 1.05. The number of hydrogen-bond acceptors (Lipinski definition) is 4. The fourth-order valence-corrected chi connectivity index (χ4v) is 1.05. The molecule has 1 N–H and O–H groups in total. The minimum absolute atomic E-state index is 0.0500. The van der Waals surface area contributed by atoms with E-state index in [0.29, 0.717) is 12.5 Å². The van der Waals surface area contributed by atoms with E-state index >= 15 is 0 Å². The van der Waals surface area contributed by atoms with E-state index in [9.17, 15) is 0 Å². The largest absolute Gasteiger partial charge is 0.475 e. The molecule has 0 unspecified atom stereocenters. The Hall–Kier alpha value is -1.13. The van der Waals surface area contributed by atoms with Crippen LogP contribution in [0.1, 0.15) is 19.4 Å². The van der Waals surface area contributed by atoms with E-state index in [0.717, 1.165) is 5.56 Å². The van der Waals surface area contributed by atoms with Crippen LogP contribution in [0.2, 0.25) is 0 Å². The molecule has 0 aliphatic rings. The van der Waals surface area contributed by atoms with Crippen LogP contribution >= 0.6 is 0 Å². The lowest BCUT2D eigenvalue weighted by molar-refractivity contribution is 0.109. The van der Waals surface area contributed by atoms with E-state index in [-0.39, 0.29) is 12.1 Å². The molecular formula is C12H20N2O2. The zero-order chi connectivity index (χ0) is 12.2. The lowest BCUT2D eigenvalue weighted by Gasteiger charge is -2.32. The molecule has 0 saturated heterocycles. The van der Waals surface area contributed by atoms with Crippen molar-refractivity contribution in [2.24, 2.45) is 0 Å². The first-order valence-electron chi connectivity index (χ1n) is 5.32. The summed E-state index contributed by atoms with van der Waals surface area (Å²) in [6, 6.07) is 3.60. The van der Waals surface area contributed by atoms with E-state index in [1.54, 1.807) is 12.3 Å². The van der Waals surface area contributed by atoms with Gasteiger partial charge in [-0.2, -0.15) is 0 Å². The van der Waals surface area contributed by atoms with Crippen LogP contribution in [-0.2, 0) is 6.61 Å². The number of nitrogens with zero attached hydrogens (tertiary/aromatic N) is 2. The van der Waals surface area contributed by atoms with Gasteiger partial charge in [0.05, 0.1) is 6.61 Å². The molecule has 1 heterocycles. The lowest BCUT2D eigenvalue weighted by Crippen LogP contribution is -2.43. The number of aliphatic hydroxyl groups excluding tert-OH is 1. The monoisotopic (exact) mass is 224 g/mol. The van der Waals surface area contributed by atoms with Crippen molar-refractivity contribution in [2.75, 3.05) is 20.7 Å². The van der Waals surface area contributed by atoms with Gasteiger partial charge in [-0.3, -0.25) is 0 Å². The zero-order valence-corrected chi connectivity index (χ0v) is 10.4. The quantitative estimate of drug-likeness (QED) is 0.818. The molecular weight excluding hydrogens is 204 g/mol. The second kappa shape index (κ2) is 5.27. The normalized spacial score (nSPS) is 11.9. The second-order valence-corrected chi connectivity index (χ2v) is 4.62. The molecule has 4 nitrogen and oxygen atoms in total. The summed E-state index contributed by atoms with van der Waals surface area (Å²) in [5.41, 5.74) is 0.654. The number of aliphatic hydroxyl groups is 1. The summed E-state index contributed by atoms with van der Waals surface area (Å²) in [5.74, 6) is 0.514. The maximum absolute atomic E-state index is 9.13. The van der Waals surface area contributed by atoms with Gasteiger partial charge in [0.15, 0.2) is 0 Å². The maximum Gasteiger partial charge on any atom is 0.218 e. The molecule has 0 amide bonds. The highest BCUT2D eigenvalue weighted by molar-refractivity contribution is 5.24. The van der Waals surface area contributed by atoms with E-state index in [4.69, 9.17) is 9.84 Å². The SMILES string of the molecule is CN(C)C(C)(C)COc1ncccc1CO. The van der Waals surface area contributed by atoms with Crippen molar-refractivity contribution in [3.63, 3.8) is 0 Å². The van der Waals surface area contributed by atoms with E-state index in [1.807, 2.05) is 20.2 Å². The first-order chi connectivity index (χ1) is 7.47. The van der Waals surface area contributed by atoms with Crippen molar-refractivity contribution in [2.45, 2.75) is 26.0 Å². The highest BCUT2D eigenvalue weighted by Crippen LogP contribution is 2.17. The number of likely N-dealkylation sites (N-methyl/N-ethyl adjacent to an activating group) is 1. The summed E-state index contributed by atoms with van der Waals surface area (Å²) in [5, 5.41) is 9.13. The smallest absolute Gasteiger partial charge is 0.218 e. The third kappa shape index (κ3) is 3.18. The van der Waals surface area contributed by atoms with Gasteiger partial charge in [0.2, 0.25) is 5.88 Å². The Balaban J connectivity index is 2.67. The average Bonchev–Trinajstić information content (AvgIpc) is 2.26. The lowest BCUT2D eigenvalue weighted by atomic mass is 10.1. The van der Waals surface area contributed by atoms with E-state index < -0.39 is 0 Å². The molecule has 0 fully saturated rings. The fraction of sp³-hybridized carbons (Fsp3) is 0.583. The Kier molecular flexibility index (Phi) is 4.26. The third-order valence-electron chi connectivity index (χ3n) is 2.79. The summed E-state index contributed by atoms with van der Waals surface area (Å²) >= 11 is 0. The van der Waals surface area contributed by atoms with Gasteiger partial charge in [-0.15, -0.1) is 0 Å². The first-order valence-corrected chi connectivity index (χ1v) is 5.32. The van der Waals surface area contributed by atoms with Gasteiger partial charge in [0, 0.05) is 17.3 Å². The molecule has 0 saturated carbocycles. The Labute approximate surface area is 96.9 Å². The van der Waals surface area contributed by atoms with Gasteiger partial charge in [0.1, 0.15) is 6.61 Å². The van der Waals surface area contributed by atoms with Crippen LogP contribution in [-0.4, -0.2) is 41.2 Å². The Bertz CT molecular complexity index is 338. The maximum atomic E-state index is 9.13. The Morgan fingerprint density at radius 2 is 2.12 bits per heavy atom. The summed E-state index contributed by atoms with van der Waals surface area (Å²) in [6.07, 6.45) is 1.66. The van der Waals surface area contributed by atoms with Crippen LogP contribution in [0.4, 0.5) is 0 Å². The molecule has 0 atom stereocenters. The molecule has 1 aromatic rings. The highest BCUT2D eigenvalue weighted by atomic mass is 16.5. The van der Waals surface area contributed by atoms with Crippen molar-refractivity contribution in [1.82, 2.24) is 9.88 Å². The van der Waals surface area contributed by atoms with Crippen LogP contribution in [0.15, 0.2) is 18.3 Å².